The Morgan fingerprint density at radius 1 is 0.333 bits per heavy atom. The van der Waals surface area contributed by atoms with Crippen LogP contribution in [0.3, 0.4) is 0 Å². The third-order valence-corrected chi connectivity index (χ3v) is 26.7. The third-order valence-electron chi connectivity index (χ3n) is 24.6. The van der Waals surface area contributed by atoms with E-state index in [-0.39, 0.29) is 127 Å². The molecule has 3 heterocycles. The van der Waals surface area contributed by atoms with E-state index in [1.165, 1.54) is 42.6 Å². The van der Waals surface area contributed by atoms with Crippen LogP contribution < -0.4 is 25.4 Å². The molecule has 44 heteroatoms. The Kier molecular flexibility index (Phi) is 58.5. The molecule has 3 aromatic carbocycles. The fourth-order valence-corrected chi connectivity index (χ4v) is 18.2. The van der Waals surface area contributed by atoms with Gasteiger partial charge in [0.25, 0.3) is 0 Å². The van der Waals surface area contributed by atoms with Crippen LogP contribution in [0, 0.1) is 0 Å². The van der Waals surface area contributed by atoms with E-state index in [4.69, 9.17) is 65.5 Å². The summed E-state index contributed by atoms with van der Waals surface area (Å²) in [5.74, 6) is -1.17. The number of ketones is 3. The molecule has 0 bridgehead atoms. The highest BCUT2D eigenvalue weighted by molar-refractivity contribution is 7.47. The van der Waals surface area contributed by atoms with Crippen molar-refractivity contribution in [3.8, 4) is 11.5 Å². The van der Waals surface area contributed by atoms with Crippen LogP contribution in [0.1, 0.15) is 230 Å². The number of benzene rings is 3. The molecule has 42 nitrogen and oxygen atoms in total. The Morgan fingerprint density at radius 2 is 0.589 bits per heavy atom. The SMILES string of the molecule is COCCN(CCOP(=O)(O)OCCN(CCOP(=O)(O)OCCN(CCOC(c1ccccc1)(c1ccc(OC)cc1)c1ccc(OC)cc1)C(=O)CCCCCCC(=O)CCCCCOC1OC(CO)C(O)C(O)C1NC(C)=O)C(=O)CCCCCCC(=O)CCCCCOC1OC(CO)C(O)C(O)C1NC(C)=O)C(=O)CCCCCCC(=O)CCCCCOC1OC(CO)C(O)C(O)C1NC(C)=O. The highest BCUT2D eigenvalue weighted by atomic mass is 31.2. The minimum absolute atomic E-state index is 0.0264. The Morgan fingerprint density at radius 3 is 0.851 bits per heavy atom. The van der Waals surface area contributed by atoms with E-state index in [2.05, 4.69) is 16.0 Å². The average Bonchev–Trinajstić information content (AvgIpc) is 0.750. The van der Waals surface area contributed by atoms with Gasteiger partial charge in [-0.25, -0.2) is 9.13 Å². The fraction of sp³-hybridized carbons (Fsp3) is 0.722. The molecule has 3 saturated heterocycles. The molecule has 141 heavy (non-hydrogen) atoms. The number of methoxy groups -OCH3 is 3. The van der Waals surface area contributed by atoms with Crippen molar-refractivity contribution in [2.75, 3.05) is 140 Å². The van der Waals surface area contributed by atoms with Crippen LogP contribution in [-0.2, 0) is 114 Å². The van der Waals surface area contributed by atoms with E-state index in [9.17, 15) is 108 Å². The molecule has 0 aromatic heterocycles. The number of hydrogen-bond donors (Lipinski definition) is 14. The first-order valence-corrected chi connectivity index (χ1v) is 52.3. The van der Waals surface area contributed by atoms with Gasteiger partial charge in [0.05, 0.1) is 73.7 Å². The first kappa shape index (κ1) is 122. The van der Waals surface area contributed by atoms with Crippen molar-refractivity contribution in [2.45, 2.75) is 311 Å². The highest BCUT2D eigenvalue weighted by Crippen LogP contribution is 2.45. The lowest BCUT2D eigenvalue weighted by Gasteiger charge is -2.42. The summed E-state index contributed by atoms with van der Waals surface area (Å²) in [6.07, 6.45) is -1.68. The summed E-state index contributed by atoms with van der Waals surface area (Å²) in [4.78, 5) is 143. The second-order valence-electron chi connectivity index (χ2n) is 35.5. The number of Topliss-reactive ketones (excluding diaryl/α,β-unsaturated/α-hetero) is 3. The predicted octanol–water partition coefficient (Wildman–Crippen LogP) is 5.70. The Labute approximate surface area is 826 Å². The summed E-state index contributed by atoms with van der Waals surface area (Å²) in [5.41, 5.74) is 0.899. The smallest absolute Gasteiger partial charge is 0.472 e. The molecule has 3 aromatic rings. The fourth-order valence-electron chi connectivity index (χ4n) is 16.8. The van der Waals surface area contributed by atoms with Crippen molar-refractivity contribution in [2.24, 2.45) is 0 Å². The zero-order chi connectivity index (χ0) is 103. The number of rotatable bonds is 76. The molecular formula is C97H156N6O36P2. The maximum atomic E-state index is 14.5. The summed E-state index contributed by atoms with van der Waals surface area (Å²) < 4.78 is 107. The molecule has 3 aliphatic heterocycles. The lowest BCUT2D eigenvalue weighted by atomic mass is 9.80. The molecule has 3 fully saturated rings. The Bertz CT molecular complexity index is 4170. The van der Waals surface area contributed by atoms with Gasteiger partial charge in [0.2, 0.25) is 35.4 Å². The van der Waals surface area contributed by atoms with E-state index in [0.717, 1.165) is 16.7 Å². The van der Waals surface area contributed by atoms with E-state index >= 15 is 0 Å². The van der Waals surface area contributed by atoms with E-state index in [0.29, 0.717) is 178 Å². The second-order valence-corrected chi connectivity index (χ2v) is 38.4. The van der Waals surface area contributed by atoms with Gasteiger partial charge in [0.15, 0.2) is 18.9 Å². The van der Waals surface area contributed by atoms with Gasteiger partial charge in [-0.05, 0) is 118 Å². The topological polar surface area (TPSA) is 585 Å². The van der Waals surface area contributed by atoms with Gasteiger partial charge < -0.3 is 134 Å². The minimum Gasteiger partial charge on any atom is -0.497 e. The van der Waals surface area contributed by atoms with Crippen molar-refractivity contribution >= 4 is 68.4 Å². The summed E-state index contributed by atoms with van der Waals surface area (Å²) in [6, 6.07) is 21.0. The zero-order valence-corrected chi connectivity index (χ0v) is 84.3. The standard InChI is InChI=1S/C97H156N6O36P2/c1-68(107)98-85-91(119)88(116)79(65-104)137-94(85)129-56-28-14-22-36-74(110)33-19-7-10-25-39-82(113)101(50-59-126-4)52-61-133-140(122,123)135-63-54-103(84(115)41-27-12-9-21-35-76(112)38-24-16-30-58-131-96-87(100-70(3)109)93(121)90(118)81(67-106)139-96)55-64-136-141(124,125)134-62-53-102(51-60-132-97(71-31-17-13-18-32-71,72-42-46-77(127-5)47-43-72)73-44-48-78(128-6)49-45-73)83(114)40-26-11-8-20-34-75(111)37-23-15-29-57-130-95-86(99-69(2)108)92(120)89(117)80(66-105)138-95/h13,17-18,31-32,42-49,79-81,85-96,104-106,116-121H,7-12,14-16,19-30,33-41,50-67H2,1-6H3,(H,98,107)(H,99,108)(H,100,109)(H,122,123)(H,124,125). The van der Waals surface area contributed by atoms with Crippen LogP contribution in [0.2, 0.25) is 0 Å². The molecule has 3 aliphatic rings. The van der Waals surface area contributed by atoms with Gasteiger partial charge in [-0.3, -0.25) is 61.2 Å². The van der Waals surface area contributed by atoms with Gasteiger partial charge in [-0.1, -0.05) is 112 Å². The monoisotopic (exact) mass is 2040 g/mol. The van der Waals surface area contributed by atoms with Crippen LogP contribution in [0.25, 0.3) is 0 Å². The molecule has 17 unspecified atom stereocenters. The number of nitrogens with zero attached hydrogens (tertiary/aromatic N) is 3. The van der Waals surface area contributed by atoms with Gasteiger partial charge in [-0.15, -0.1) is 0 Å². The van der Waals surface area contributed by atoms with Crippen LogP contribution in [0.15, 0.2) is 78.9 Å². The number of ether oxygens (including phenoxy) is 10. The third kappa shape index (κ3) is 44.5. The predicted molar refractivity (Wildman–Crippen MR) is 511 cm³/mol. The number of carbonyl (C=O) groups excluding carboxylic acids is 9. The van der Waals surface area contributed by atoms with Crippen molar-refractivity contribution in [3.05, 3.63) is 95.6 Å². The maximum Gasteiger partial charge on any atom is 0.472 e. The number of unbranched alkanes of at least 4 members (excludes halogenated alkanes) is 15. The largest absolute Gasteiger partial charge is 0.497 e. The molecule has 14 N–H and O–H groups in total. The summed E-state index contributed by atoms with van der Waals surface area (Å²) >= 11 is 0. The molecule has 6 rings (SSSR count). The number of phosphoric ester groups is 2. The molecule has 800 valence electrons. The molecular weight excluding hydrogens is 1890 g/mol. The van der Waals surface area contributed by atoms with Crippen LogP contribution in [0.5, 0.6) is 11.5 Å². The Balaban J connectivity index is 1.03. The molecule has 0 radical (unpaired) electrons. The van der Waals surface area contributed by atoms with E-state index in [1.807, 2.05) is 78.9 Å². The number of carbonyl (C=O) groups is 9. The summed E-state index contributed by atoms with van der Waals surface area (Å²) in [6.45, 7) is -0.581. The van der Waals surface area contributed by atoms with Crippen molar-refractivity contribution < 1.29 is 173 Å². The maximum absolute atomic E-state index is 14.5. The first-order valence-electron chi connectivity index (χ1n) is 49.3. The van der Waals surface area contributed by atoms with Gasteiger partial charge in [0.1, 0.15) is 108 Å². The second kappa shape index (κ2) is 67.4. The van der Waals surface area contributed by atoms with Gasteiger partial charge in [-0.2, -0.15) is 0 Å². The number of phosphoric acid groups is 2. The molecule has 17 atom stereocenters. The van der Waals surface area contributed by atoms with Crippen molar-refractivity contribution in [1.82, 2.24) is 30.7 Å². The number of hydrogen-bond acceptors (Lipinski definition) is 34. The molecule has 0 aliphatic carbocycles. The first-order chi connectivity index (χ1) is 67.6. The lowest BCUT2D eigenvalue weighted by molar-refractivity contribution is -0.270. The van der Waals surface area contributed by atoms with Crippen LogP contribution in [0.4, 0.5) is 0 Å². The van der Waals surface area contributed by atoms with Crippen LogP contribution >= 0.6 is 15.6 Å². The normalized spacial score (nSPS) is 22.3. The minimum atomic E-state index is -4.99. The van der Waals surface area contributed by atoms with Gasteiger partial charge in [0, 0.05) is 145 Å². The lowest BCUT2D eigenvalue weighted by Crippen LogP contribution is -2.64. The van der Waals surface area contributed by atoms with Gasteiger partial charge >= 0.3 is 15.6 Å². The molecule has 0 saturated carbocycles. The number of aliphatic hydroxyl groups excluding tert-OH is 9. The summed E-state index contributed by atoms with van der Waals surface area (Å²) in [5, 5.41) is 99.1. The molecule has 0 spiro atoms. The van der Waals surface area contributed by atoms with Crippen molar-refractivity contribution in [1.29, 1.82) is 0 Å². The van der Waals surface area contributed by atoms with Crippen LogP contribution in [-0.4, -0.2) is 355 Å². The van der Waals surface area contributed by atoms with E-state index in [1.54, 1.807) is 14.2 Å². The van der Waals surface area contributed by atoms with Crippen molar-refractivity contribution in [3.63, 3.8) is 0 Å². The number of amides is 6. The Hall–Kier alpha value is -7.37. The summed E-state index contributed by atoms with van der Waals surface area (Å²) in [7, 11) is -5.30. The highest BCUT2D eigenvalue weighted by Gasteiger charge is 2.49. The zero-order valence-electron chi connectivity index (χ0n) is 82.5. The quantitative estimate of drug-likeness (QED) is 0.0183. The number of nitrogens with one attached hydrogen (secondary N) is 3. The number of aliphatic hydroxyl groups is 9. The van der Waals surface area contributed by atoms with E-state index < -0.39 is 183 Å². The average molecular weight is 2040 g/mol. The molecule has 6 amide bonds.